The van der Waals surface area contributed by atoms with Crippen molar-refractivity contribution in [2.75, 3.05) is 0 Å². The Balaban J connectivity index is 2.52. The first-order valence-electron chi connectivity index (χ1n) is 3.80. The summed E-state index contributed by atoms with van der Waals surface area (Å²) in [6.07, 6.45) is 6.19. The highest BCUT2D eigenvalue weighted by Gasteiger charge is 1.97. The fourth-order valence-electron chi connectivity index (χ4n) is 1.10. The highest BCUT2D eigenvalue weighted by molar-refractivity contribution is 5.73. The Bertz CT molecular complexity index is 403. The molecule has 12 heavy (non-hydrogen) atoms. The van der Waals surface area contributed by atoms with E-state index in [1.165, 1.54) is 0 Å². The second-order valence-electron chi connectivity index (χ2n) is 2.56. The van der Waals surface area contributed by atoms with Crippen LogP contribution in [0.1, 0.15) is 5.82 Å². The van der Waals surface area contributed by atoms with Gasteiger partial charge in [0.25, 0.3) is 0 Å². The van der Waals surface area contributed by atoms with Crippen molar-refractivity contribution in [2.24, 2.45) is 0 Å². The van der Waals surface area contributed by atoms with E-state index in [9.17, 15) is 0 Å². The molecule has 0 aromatic carbocycles. The predicted molar refractivity (Wildman–Crippen MR) is 47.8 cm³/mol. The average Bonchev–Trinajstić information content (AvgIpc) is 2.51. The first-order valence-corrected chi connectivity index (χ1v) is 3.80. The summed E-state index contributed by atoms with van der Waals surface area (Å²) in [7, 11) is 0. The Morgan fingerprint density at radius 3 is 3.33 bits per heavy atom. The van der Waals surface area contributed by atoms with Crippen LogP contribution in [0.4, 0.5) is 0 Å². The highest BCUT2D eigenvalue weighted by Crippen LogP contribution is 2.07. The van der Waals surface area contributed by atoms with Crippen LogP contribution >= 0.6 is 0 Å². The molecule has 0 fully saturated rings. The lowest BCUT2D eigenvalue weighted by Gasteiger charge is -1.93. The maximum absolute atomic E-state index is 4.29. The Kier molecular flexibility index (Phi) is 1.63. The van der Waals surface area contributed by atoms with Gasteiger partial charge < -0.3 is 4.98 Å². The number of rotatable bonds is 2. The van der Waals surface area contributed by atoms with E-state index in [4.69, 9.17) is 0 Å². The molecule has 3 heteroatoms. The SMILES string of the molecule is C=CCc1ncc2cc[nH]c2n1. The molecule has 2 rings (SSSR count). The van der Waals surface area contributed by atoms with E-state index >= 15 is 0 Å². The van der Waals surface area contributed by atoms with Crippen molar-refractivity contribution in [1.82, 2.24) is 15.0 Å². The van der Waals surface area contributed by atoms with Crippen LogP contribution in [0, 0.1) is 0 Å². The third kappa shape index (κ3) is 1.09. The predicted octanol–water partition coefficient (Wildman–Crippen LogP) is 1.69. The summed E-state index contributed by atoms with van der Waals surface area (Å²) in [6.45, 7) is 3.63. The first-order chi connectivity index (χ1) is 5.90. The van der Waals surface area contributed by atoms with Gasteiger partial charge >= 0.3 is 0 Å². The normalized spacial score (nSPS) is 10.3. The molecule has 3 nitrogen and oxygen atoms in total. The van der Waals surface area contributed by atoms with Gasteiger partial charge in [-0.05, 0) is 6.07 Å². The first kappa shape index (κ1) is 7.03. The van der Waals surface area contributed by atoms with Gasteiger partial charge in [-0.15, -0.1) is 6.58 Å². The monoisotopic (exact) mass is 159 g/mol. The van der Waals surface area contributed by atoms with Gasteiger partial charge in [0.05, 0.1) is 0 Å². The fourth-order valence-corrected chi connectivity index (χ4v) is 1.10. The lowest BCUT2D eigenvalue weighted by atomic mass is 10.3. The van der Waals surface area contributed by atoms with Crippen molar-refractivity contribution in [3.05, 3.63) is 36.9 Å². The Hall–Kier alpha value is -1.64. The number of fused-ring (bicyclic) bond motifs is 1. The summed E-state index contributed by atoms with van der Waals surface area (Å²) in [5.41, 5.74) is 0.891. The minimum absolute atomic E-state index is 0.717. The van der Waals surface area contributed by atoms with Crippen LogP contribution in [-0.2, 0) is 6.42 Å². The quantitative estimate of drug-likeness (QED) is 0.677. The molecule has 0 saturated carbocycles. The molecule has 60 valence electrons. The lowest BCUT2D eigenvalue weighted by molar-refractivity contribution is 1.01. The molecule has 0 aliphatic rings. The Morgan fingerprint density at radius 1 is 1.58 bits per heavy atom. The van der Waals surface area contributed by atoms with Crippen LogP contribution in [0.3, 0.4) is 0 Å². The van der Waals surface area contributed by atoms with E-state index in [0.717, 1.165) is 23.3 Å². The van der Waals surface area contributed by atoms with Crippen molar-refractivity contribution in [3.8, 4) is 0 Å². The summed E-state index contributed by atoms with van der Waals surface area (Å²) in [5, 5.41) is 1.04. The van der Waals surface area contributed by atoms with E-state index in [-0.39, 0.29) is 0 Å². The number of hydrogen-bond donors (Lipinski definition) is 1. The Labute approximate surface area is 70.2 Å². The molecular formula is C9H9N3. The highest BCUT2D eigenvalue weighted by atomic mass is 14.9. The Morgan fingerprint density at radius 2 is 2.50 bits per heavy atom. The molecule has 1 N–H and O–H groups in total. The number of allylic oxidation sites excluding steroid dienone is 1. The maximum Gasteiger partial charge on any atom is 0.141 e. The van der Waals surface area contributed by atoms with Crippen LogP contribution in [0.15, 0.2) is 31.1 Å². The van der Waals surface area contributed by atoms with Gasteiger partial charge in [0.1, 0.15) is 11.5 Å². The van der Waals surface area contributed by atoms with Crippen molar-refractivity contribution in [2.45, 2.75) is 6.42 Å². The standard InChI is InChI=1S/C9H9N3/c1-2-3-8-11-6-7-4-5-10-9(7)12-8/h2,4-6H,1,3H2,(H,10,11,12). The number of nitrogens with zero attached hydrogens (tertiary/aromatic N) is 2. The molecule has 0 atom stereocenters. The topological polar surface area (TPSA) is 41.6 Å². The van der Waals surface area contributed by atoms with Gasteiger partial charge in [-0.1, -0.05) is 6.08 Å². The number of nitrogens with one attached hydrogen (secondary N) is 1. The van der Waals surface area contributed by atoms with Crippen LogP contribution < -0.4 is 0 Å². The van der Waals surface area contributed by atoms with Crippen molar-refractivity contribution in [3.63, 3.8) is 0 Å². The molecule has 0 amide bonds. The minimum Gasteiger partial charge on any atom is -0.346 e. The molecule has 0 spiro atoms. The van der Waals surface area contributed by atoms with Crippen LogP contribution in [0.25, 0.3) is 11.0 Å². The van der Waals surface area contributed by atoms with Crippen LogP contribution in [-0.4, -0.2) is 15.0 Å². The van der Waals surface area contributed by atoms with E-state index < -0.39 is 0 Å². The number of H-pyrrole nitrogens is 1. The molecule has 2 aromatic heterocycles. The zero-order valence-electron chi connectivity index (χ0n) is 6.62. The minimum atomic E-state index is 0.717. The maximum atomic E-state index is 4.29. The average molecular weight is 159 g/mol. The summed E-state index contributed by atoms with van der Waals surface area (Å²) in [5.74, 6) is 0.806. The molecule has 0 bridgehead atoms. The molecule has 0 aliphatic carbocycles. The molecule has 0 aliphatic heterocycles. The summed E-state index contributed by atoms with van der Waals surface area (Å²) >= 11 is 0. The van der Waals surface area contributed by atoms with Crippen molar-refractivity contribution >= 4 is 11.0 Å². The zero-order valence-corrected chi connectivity index (χ0v) is 6.62. The number of hydrogen-bond acceptors (Lipinski definition) is 2. The van der Waals surface area contributed by atoms with E-state index in [1.54, 1.807) is 6.08 Å². The van der Waals surface area contributed by atoms with Crippen molar-refractivity contribution in [1.29, 1.82) is 0 Å². The van der Waals surface area contributed by atoms with E-state index in [2.05, 4.69) is 21.5 Å². The molecule has 2 aromatic rings. The molecule has 0 unspecified atom stereocenters. The molecular weight excluding hydrogens is 150 g/mol. The van der Waals surface area contributed by atoms with Crippen LogP contribution in [0.2, 0.25) is 0 Å². The zero-order chi connectivity index (χ0) is 8.39. The third-order valence-electron chi connectivity index (χ3n) is 1.68. The smallest absolute Gasteiger partial charge is 0.141 e. The van der Waals surface area contributed by atoms with Crippen molar-refractivity contribution < 1.29 is 0 Å². The summed E-state index contributed by atoms with van der Waals surface area (Å²) < 4.78 is 0. The molecule has 0 radical (unpaired) electrons. The van der Waals surface area contributed by atoms with Gasteiger partial charge in [-0.3, -0.25) is 0 Å². The summed E-state index contributed by atoms with van der Waals surface area (Å²) in [4.78, 5) is 11.5. The molecule has 0 saturated heterocycles. The van der Waals surface area contributed by atoms with Gasteiger partial charge in [-0.25, -0.2) is 9.97 Å². The summed E-state index contributed by atoms with van der Waals surface area (Å²) in [6, 6.07) is 1.95. The van der Waals surface area contributed by atoms with Gasteiger partial charge in [0.2, 0.25) is 0 Å². The molecule has 2 heterocycles. The third-order valence-corrected chi connectivity index (χ3v) is 1.68. The van der Waals surface area contributed by atoms with E-state index in [1.807, 2.05) is 18.5 Å². The largest absolute Gasteiger partial charge is 0.346 e. The van der Waals surface area contributed by atoms with Gasteiger partial charge in [0.15, 0.2) is 0 Å². The van der Waals surface area contributed by atoms with Crippen LogP contribution in [0.5, 0.6) is 0 Å². The second kappa shape index (κ2) is 2.77. The van der Waals surface area contributed by atoms with E-state index in [0.29, 0.717) is 0 Å². The number of aromatic nitrogens is 3. The second-order valence-corrected chi connectivity index (χ2v) is 2.56. The number of aromatic amines is 1. The van der Waals surface area contributed by atoms with Gasteiger partial charge in [-0.2, -0.15) is 0 Å². The fraction of sp³-hybridized carbons (Fsp3) is 0.111. The lowest BCUT2D eigenvalue weighted by Crippen LogP contribution is -1.91. The van der Waals surface area contributed by atoms with Gasteiger partial charge in [0, 0.05) is 24.2 Å².